The second kappa shape index (κ2) is 9.15. The molecule has 0 aromatic heterocycles. The van der Waals surface area contributed by atoms with Crippen molar-refractivity contribution < 1.29 is 44.5 Å². The van der Waals surface area contributed by atoms with E-state index in [1.165, 1.54) is 28.8 Å². The van der Waals surface area contributed by atoms with Crippen LogP contribution in [0.3, 0.4) is 0 Å². The van der Waals surface area contributed by atoms with Crippen LogP contribution in [-0.4, -0.2) is 0 Å². The third-order valence-corrected chi connectivity index (χ3v) is 12.3. The Labute approximate surface area is 180 Å². The zero-order chi connectivity index (χ0) is 15.8. The van der Waals surface area contributed by atoms with Crippen LogP contribution in [0.15, 0.2) is 68.4 Å². The molecule has 5 heteroatoms. The Morgan fingerprint density at radius 2 is 1.72 bits per heavy atom. The van der Waals surface area contributed by atoms with Gasteiger partial charge < -0.3 is 24.8 Å². The average molecular weight is 529 g/mol. The van der Waals surface area contributed by atoms with Gasteiger partial charge in [-0.05, 0) is 0 Å². The van der Waals surface area contributed by atoms with E-state index in [1.54, 1.807) is 0 Å². The Morgan fingerprint density at radius 1 is 0.960 bits per heavy atom. The van der Waals surface area contributed by atoms with Crippen molar-refractivity contribution in [3.05, 3.63) is 85.1 Å². The van der Waals surface area contributed by atoms with Gasteiger partial charge >= 0.3 is 157 Å². The molecule has 0 bridgehead atoms. The quantitative estimate of drug-likeness (QED) is 0.529. The normalized spacial score (nSPS) is 13.8. The van der Waals surface area contributed by atoms with Crippen molar-refractivity contribution >= 4 is 39.7 Å². The van der Waals surface area contributed by atoms with Crippen molar-refractivity contribution in [1.29, 1.82) is 0 Å². The molecule has 0 spiro atoms. The van der Waals surface area contributed by atoms with Gasteiger partial charge in [0, 0.05) is 0 Å². The summed E-state index contributed by atoms with van der Waals surface area (Å²) < 4.78 is 4.12. The fraction of sp³-hybridized carbons (Fsp3) is 0.100. The molecule has 4 rings (SSSR count). The number of hydrogen-bond acceptors (Lipinski definition) is 1. The zero-order valence-electron chi connectivity index (χ0n) is 13.3. The summed E-state index contributed by atoms with van der Waals surface area (Å²) in [7, 11) is 6.08. The summed E-state index contributed by atoms with van der Waals surface area (Å²) in [5.74, 6) is 0. The molecular weight excluding hydrogens is 514 g/mol. The fourth-order valence-electron chi connectivity index (χ4n) is 3.19. The van der Waals surface area contributed by atoms with E-state index in [-0.39, 0.29) is 24.8 Å². The Hall–Kier alpha value is -0.177. The molecule has 0 radical (unpaired) electrons. The summed E-state index contributed by atoms with van der Waals surface area (Å²) >= 11 is 1.36. The topological polar surface area (TPSA) is 0 Å². The summed E-state index contributed by atoms with van der Waals surface area (Å²) in [6.07, 6.45) is 11.3. The van der Waals surface area contributed by atoms with Crippen molar-refractivity contribution in [3.63, 3.8) is 0 Å². The molecule has 0 nitrogen and oxygen atoms in total. The molecule has 2 aromatic rings. The molecule has 0 amide bonds. The van der Waals surface area contributed by atoms with Crippen LogP contribution in [0.4, 0.5) is 0 Å². The van der Waals surface area contributed by atoms with Gasteiger partial charge in [-0.3, -0.25) is 0 Å². The van der Waals surface area contributed by atoms with E-state index in [0.717, 1.165) is 17.3 Å². The Morgan fingerprint density at radius 3 is 2.48 bits per heavy atom. The maximum absolute atomic E-state index is 6.08. The summed E-state index contributed by atoms with van der Waals surface area (Å²) in [6.45, 7) is 0. The Bertz CT molecular complexity index is 898. The standard InChI is InChI=1S/C11H8Br.C9H7.2ClH.S.Zr/c12-11-7-5-10(6-8-11)9-3-1-2-4-9;1-2-5-9-7-3-6-8(9)4-1;;;;/h3-8H,1H2;1-4,7H,6H2;2*1H;;/q;;;;;+2/p-2. The molecule has 0 saturated heterocycles. The van der Waals surface area contributed by atoms with Crippen molar-refractivity contribution in [2.75, 3.05) is 0 Å². The molecule has 0 atom stereocenters. The molecule has 0 saturated carbocycles. The molecule has 0 unspecified atom stereocenters. The van der Waals surface area contributed by atoms with E-state index >= 15 is 0 Å². The molecule has 0 N–H and O–H groups in total. The van der Waals surface area contributed by atoms with Gasteiger partial charge in [0.05, 0.1) is 0 Å². The van der Waals surface area contributed by atoms with Crippen LogP contribution in [0.1, 0.15) is 23.1 Å². The van der Waals surface area contributed by atoms with Crippen LogP contribution in [-0.2, 0) is 26.1 Å². The SMILES string of the molecule is [Cl-].[Cl-].[S]=[Zr+2]([C]1=CC(c2ccc(Br)cc2)=CC1)[c]1cccc2c1C=CC2. The van der Waals surface area contributed by atoms with Gasteiger partial charge in [0.2, 0.25) is 0 Å². The number of benzene rings is 2. The third kappa shape index (κ3) is 4.39. The number of allylic oxidation sites excluding steroid dienone is 5. The fourth-order valence-corrected chi connectivity index (χ4v) is 9.42. The monoisotopic (exact) mass is 526 g/mol. The van der Waals surface area contributed by atoms with E-state index in [2.05, 4.69) is 82.7 Å². The second-order valence-corrected chi connectivity index (χ2v) is 13.7. The van der Waals surface area contributed by atoms with Crippen LogP contribution in [0.5, 0.6) is 0 Å². The molecule has 2 aliphatic carbocycles. The molecular formula is C20H15BrCl2SZr. The van der Waals surface area contributed by atoms with Gasteiger partial charge in [0.15, 0.2) is 0 Å². The molecule has 0 aliphatic heterocycles. The predicted molar refractivity (Wildman–Crippen MR) is 101 cm³/mol. The van der Waals surface area contributed by atoms with Crippen molar-refractivity contribution in [2.45, 2.75) is 12.8 Å². The zero-order valence-corrected chi connectivity index (χ0v) is 19.7. The number of rotatable bonds is 3. The number of halogens is 3. The Balaban J connectivity index is 0.00000113. The predicted octanol–water partition coefficient (Wildman–Crippen LogP) is -0.246. The molecule has 2 aliphatic rings. The first-order chi connectivity index (χ1) is 11.2. The molecule has 0 fully saturated rings. The van der Waals surface area contributed by atoms with Crippen molar-refractivity contribution in [3.8, 4) is 0 Å². The Kier molecular flexibility index (Phi) is 7.73. The van der Waals surface area contributed by atoms with Gasteiger partial charge in [0.25, 0.3) is 0 Å². The van der Waals surface area contributed by atoms with E-state index in [1.807, 2.05) is 0 Å². The summed E-state index contributed by atoms with van der Waals surface area (Å²) in [4.78, 5) is 0. The molecule has 2 aromatic carbocycles. The van der Waals surface area contributed by atoms with E-state index in [0.29, 0.717) is 0 Å². The van der Waals surface area contributed by atoms with Gasteiger partial charge in [-0.1, -0.05) is 0 Å². The summed E-state index contributed by atoms with van der Waals surface area (Å²) in [5, 5.41) is 0. The van der Waals surface area contributed by atoms with Gasteiger partial charge in [-0.15, -0.1) is 0 Å². The van der Waals surface area contributed by atoms with Crippen LogP contribution in [0, 0.1) is 0 Å². The van der Waals surface area contributed by atoms with Gasteiger partial charge in [0.1, 0.15) is 0 Å². The van der Waals surface area contributed by atoms with Crippen molar-refractivity contribution in [2.24, 2.45) is 0 Å². The molecule has 25 heavy (non-hydrogen) atoms. The second-order valence-electron chi connectivity index (χ2n) is 5.85. The summed E-state index contributed by atoms with van der Waals surface area (Å²) in [5.41, 5.74) is 5.49. The first-order valence-electron chi connectivity index (χ1n) is 7.72. The van der Waals surface area contributed by atoms with Crippen molar-refractivity contribution in [1.82, 2.24) is 0 Å². The number of hydrogen-bond donors (Lipinski definition) is 0. The average Bonchev–Trinajstić information content (AvgIpc) is 3.23. The number of fused-ring (bicyclic) bond motifs is 1. The van der Waals surface area contributed by atoms with Gasteiger partial charge in [-0.25, -0.2) is 0 Å². The molecule has 0 heterocycles. The maximum atomic E-state index is 6.08. The van der Waals surface area contributed by atoms with E-state index in [4.69, 9.17) is 8.86 Å². The first kappa shape index (κ1) is 21.1. The van der Waals surface area contributed by atoms with Crippen LogP contribution in [0.25, 0.3) is 11.6 Å². The molecule has 126 valence electrons. The third-order valence-electron chi connectivity index (χ3n) is 4.40. The minimum atomic E-state index is -2.14. The minimum absolute atomic E-state index is 0. The van der Waals surface area contributed by atoms with Crippen LogP contribution in [0.2, 0.25) is 0 Å². The summed E-state index contributed by atoms with van der Waals surface area (Å²) in [6, 6.07) is 15.2. The van der Waals surface area contributed by atoms with Gasteiger partial charge in [-0.2, -0.15) is 0 Å². The first-order valence-corrected chi connectivity index (χ1v) is 14.4. The van der Waals surface area contributed by atoms with E-state index in [9.17, 15) is 0 Å². The van der Waals surface area contributed by atoms with E-state index < -0.39 is 19.7 Å². The van der Waals surface area contributed by atoms with Crippen LogP contribution < -0.4 is 28.1 Å². The van der Waals surface area contributed by atoms with Crippen LogP contribution >= 0.6 is 24.8 Å².